The zero-order valence-corrected chi connectivity index (χ0v) is 8.80. The van der Waals surface area contributed by atoms with E-state index in [-0.39, 0.29) is 12.0 Å². The maximum Gasteiger partial charge on any atom is 0.434 e. The molecule has 1 aliphatic rings. The zero-order valence-electron chi connectivity index (χ0n) is 8.80. The monoisotopic (exact) mass is 205 g/mol. The Hall–Kier alpha value is -1.33. The Labute approximate surface area is 89.1 Å². The fourth-order valence-corrected chi connectivity index (χ4v) is 1.66. The average molecular weight is 205 g/mol. The molecule has 1 aromatic rings. The summed E-state index contributed by atoms with van der Waals surface area (Å²) in [5, 5.41) is 10.2. The third-order valence-corrected chi connectivity index (χ3v) is 2.51. The fourth-order valence-electron chi connectivity index (χ4n) is 1.66. The minimum Gasteiger partial charge on any atom is -0.390 e. The molecule has 2 radical (unpaired) electrons. The number of hydrogen-bond donors (Lipinski definition) is 0. The Morgan fingerprint density at radius 2 is 2.27 bits per heavy atom. The van der Waals surface area contributed by atoms with Crippen molar-refractivity contribution in [1.29, 1.82) is 0 Å². The summed E-state index contributed by atoms with van der Waals surface area (Å²) in [6.07, 6.45) is 3.46. The first-order valence-corrected chi connectivity index (χ1v) is 4.92. The van der Waals surface area contributed by atoms with Crippen LogP contribution in [0.2, 0.25) is 0 Å². The van der Waals surface area contributed by atoms with E-state index in [1.807, 2.05) is 13.8 Å². The van der Waals surface area contributed by atoms with Crippen molar-refractivity contribution >= 4 is 13.8 Å². The van der Waals surface area contributed by atoms with Crippen LogP contribution in [-0.4, -0.2) is 22.3 Å². The molecule has 1 aromatic heterocycles. The van der Waals surface area contributed by atoms with Gasteiger partial charge in [-0.1, -0.05) is 18.8 Å². The first-order valence-electron chi connectivity index (χ1n) is 4.92. The second kappa shape index (κ2) is 3.08. The van der Waals surface area contributed by atoms with Crippen molar-refractivity contribution in [2.75, 3.05) is 0 Å². The number of imidazole rings is 1. The highest BCUT2D eigenvalue weighted by atomic mass is 16.6. The molecule has 5 nitrogen and oxygen atoms in total. The lowest BCUT2D eigenvalue weighted by Gasteiger charge is -2.17. The molecule has 0 saturated heterocycles. The van der Waals surface area contributed by atoms with Gasteiger partial charge in [-0.3, -0.25) is 0 Å². The fraction of sp³-hybridized carbons (Fsp3) is 0.667. The first kappa shape index (κ1) is 10.2. The molecule has 78 valence electrons. The van der Waals surface area contributed by atoms with Crippen LogP contribution in [0, 0.1) is 10.1 Å². The van der Waals surface area contributed by atoms with Crippen molar-refractivity contribution in [3.63, 3.8) is 0 Å². The second-order valence-electron chi connectivity index (χ2n) is 4.52. The van der Waals surface area contributed by atoms with E-state index >= 15 is 0 Å². The maximum atomic E-state index is 10.8. The first-order chi connectivity index (χ1) is 6.91. The minimum atomic E-state index is -0.593. The number of aromatic nitrogens is 2. The van der Waals surface area contributed by atoms with E-state index < -0.39 is 10.2 Å². The van der Waals surface area contributed by atoms with Gasteiger partial charge in [0.25, 0.3) is 0 Å². The summed E-state index contributed by atoms with van der Waals surface area (Å²) >= 11 is 0. The Morgan fingerprint density at radius 1 is 1.67 bits per heavy atom. The predicted molar refractivity (Wildman–Crippen MR) is 55.9 cm³/mol. The topological polar surface area (TPSA) is 61.0 Å². The van der Waals surface area contributed by atoms with Gasteiger partial charge in [0.2, 0.25) is 0 Å². The number of nitro groups is 1. The molecule has 0 aliphatic heterocycles. The lowest BCUT2D eigenvalue weighted by Crippen LogP contribution is -2.21. The average Bonchev–Trinajstić information content (AvgIpc) is 2.81. The van der Waals surface area contributed by atoms with E-state index in [1.165, 1.54) is 6.20 Å². The Morgan fingerprint density at radius 3 is 2.67 bits per heavy atom. The van der Waals surface area contributed by atoms with Crippen LogP contribution >= 0.6 is 0 Å². The van der Waals surface area contributed by atoms with E-state index in [0.717, 1.165) is 18.5 Å². The van der Waals surface area contributed by atoms with Gasteiger partial charge in [-0.25, -0.2) is 4.57 Å². The molecule has 0 bridgehead atoms. The molecule has 1 saturated carbocycles. The minimum absolute atomic E-state index is 0.0916. The third-order valence-electron chi connectivity index (χ3n) is 2.51. The van der Waals surface area contributed by atoms with Crippen molar-refractivity contribution in [2.24, 2.45) is 0 Å². The van der Waals surface area contributed by atoms with E-state index in [0.29, 0.717) is 0 Å². The molecule has 6 heteroatoms. The molecule has 0 N–H and O–H groups in total. The molecule has 2 rings (SSSR count). The lowest BCUT2D eigenvalue weighted by atomic mass is 9.70. The Kier molecular flexibility index (Phi) is 2.10. The van der Waals surface area contributed by atoms with Crippen LogP contribution in [0.25, 0.3) is 0 Å². The summed E-state index contributed by atoms with van der Waals surface area (Å²) in [5.41, 5.74) is 0.733. The predicted octanol–water partition coefficient (Wildman–Crippen LogP) is 1.53. The summed E-state index contributed by atoms with van der Waals surface area (Å²) in [6, 6.07) is 0.214. The number of nitrogens with zero attached hydrogens (tertiary/aromatic N) is 3. The van der Waals surface area contributed by atoms with Crippen molar-refractivity contribution in [3.05, 3.63) is 22.0 Å². The standard InChI is InChI=1S/C9H12BN3O2/c1-9(2,10)7-5-11-8(13(14)15)12(7)6-3-4-6/h5-6H,3-4H2,1-2H3. The molecule has 0 spiro atoms. The highest BCUT2D eigenvalue weighted by molar-refractivity contribution is 6.15. The smallest absolute Gasteiger partial charge is 0.390 e. The van der Waals surface area contributed by atoms with Gasteiger partial charge in [-0.2, -0.15) is 0 Å². The molecule has 0 unspecified atom stereocenters. The van der Waals surface area contributed by atoms with Crippen molar-refractivity contribution in [2.45, 2.75) is 38.0 Å². The normalized spacial score (nSPS) is 16.7. The van der Waals surface area contributed by atoms with Crippen molar-refractivity contribution in [3.8, 4) is 0 Å². The van der Waals surface area contributed by atoms with Crippen LogP contribution in [-0.2, 0) is 5.31 Å². The van der Waals surface area contributed by atoms with Gasteiger partial charge >= 0.3 is 5.95 Å². The van der Waals surface area contributed by atoms with Crippen LogP contribution in [0.5, 0.6) is 0 Å². The Bertz CT molecular complexity index is 404. The van der Waals surface area contributed by atoms with Crippen LogP contribution in [0.15, 0.2) is 6.20 Å². The molecule has 0 atom stereocenters. The van der Waals surface area contributed by atoms with E-state index in [9.17, 15) is 10.1 Å². The number of hydrogen-bond acceptors (Lipinski definition) is 3. The highest BCUT2D eigenvalue weighted by Gasteiger charge is 2.38. The van der Waals surface area contributed by atoms with Crippen molar-refractivity contribution in [1.82, 2.24) is 9.55 Å². The van der Waals surface area contributed by atoms with Gasteiger partial charge in [0, 0.05) is 0 Å². The third kappa shape index (κ3) is 1.76. The summed E-state index contributed by atoms with van der Waals surface area (Å²) in [7, 11) is 5.95. The molecule has 0 aromatic carbocycles. The quantitative estimate of drug-likeness (QED) is 0.427. The van der Waals surface area contributed by atoms with Crippen LogP contribution in [0.3, 0.4) is 0 Å². The van der Waals surface area contributed by atoms with Crippen molar-refractivity contribution < 1.29 is 4.92 Å². The van der Waals surface area contributed by atoms with Gasteiger partial charge in [-0.05, 0) is 23.1 Å². The SMILES string of the molecule is [B]C(C)(C)c1cnc([N+](=O)[O-])n1C1CC1. The number of rotatable bonds is 3. The lowest BCUT2D eigenvalue weighted by molar-refractivity contribution is -0.396. The maximum absolute atomic E-state index is 10.8. The zero-order chi connectivity index (χ0) is 11.2. The molecule has 1 fully saturated rings. The van der Waals surface area contributed by atoms with Crippen LogP contribution in [0.4, 0.5) is 5.95 Å². The van der Waals surface area contributed by atoms with Gasteiger partial charge in [0.1, 0.15) is 11.9 Å². The molecular formula is C9H12BN3O2. The molecule has 1 heterocycles. The van der Waals surface area contributed by atoms with Gasteiger partial charge in [-0.15, -0.1) is 0 Å². The van der Waals surface area contributed by atoms with Gasteiger partial charge < -0.3 is 10.1 Å². The van der Waals surface area contributed by atoms with E-state index in [4.69, 9.17) is 7.85 Å². The van der Waals surface area contributed by atoms with Crippen LogP contribution < -0.4 is 0 Å². The molecule has 1 aliphatic carbocycles. The Balaban J connectivity index is 2.52. The molecule has 0 amide bonds. The molecule has 15 heavy (non-hydrogen) atoms. The van der Waals surface area contributed by atoms with E-state index in [2.05, 4.69) is 4.98 Å². The summed E-state index contributed by atoms with van der Waals surface area (Å²) in [4.78, 5) is 14.2. The largest absolute Gasteiger partial charge is 0.434 e. The van der Waals surface area contributed by atoms with Crippen LogP contribution in [0.1, 0.15) is 38.4 Å². The highest BCUT2D eigenvalue weighted by Crippen LogP contribution is 2.41. The molecular weight excluding hydrogens is 193 g/mol. The van der Waals surface area contributed by atoms with E-state index in [1.54, 1.807) is 4.57 Å². The summed E-state index contributed by atoms with van der Waals surface area (Å²) < 4.78 is 1.67. The summed E-state index contributed by atoms with van der Waals surface area (Å²) in [6.45, 7) is 3.65. The van der Waals surface area contributed by atoms with Gasteiger partial charge in [0.05, 0.1) is 13.9 Å². The van der Waals surface area contributed by atoms with Gasteiger partial charge in [0.15, 0.2) is 0 Å². The summed E-state index contributed by atoms with van der Waals surface area (Å²) in [5.74, 6) is -0.0916. The second-order valence-corrected chi connectivity index (χ2v) is 4.52.